The van der Waals surface area contributed by atoms with Gasteiger partial charge in [0.15, 0.2) is 6.61 Å². The van der Waals surface area contributed by atoms with Crippen LogP contribution in [-0.2, 0) is 9.53 Å². The fraction of sp³-hybridized carbons (Fsp3) is 0.125. The minimum atomic E-state index is -0.540. The van der Waals surface area contributed by atoms with E-state index in [1.54, 1.807) is 42.5 Å². The first-order valence-corrected chi connectivity index (χ1v) is 7.62. The average Bonchev–Trinajstić information content (AvgIpc) is 2.51. The molecule has 1 N–H and O–H groups in total. The molecular formula is C16H13BrClNO3. The number of hydrogen-bond acceptors (Lipinski definition) is 3. The van der Waals surface area contributed by atoms with Gasteiger partial charge in [0.05, 0.1) is 10.6 Å². The molecule has 0 saturated heterocycles. The van der Waals surface area contributed by atoms with Crippen molar-refractivity contribution < 1.29 is 14.3 Å². The number of amides is 1. The molecule has 1 amide bonds. The van der Waals surface area contributed by atoms with E-state index in [9.17, 15) is 9.59 Å². The lowest BCUT2D eigenvalue weighted by Crippen LogP contribution is -2.21. The number of carbonyl (C=O) groups is 2. The Morgan fingerprint density at radius 2 is 1.91 bits per heavy atom. The van der Waals surface area contributed by atoms with Gasteiger partial charge in [0.25, 0.3) is 5.91 Å². The molecule has 0 aromatic heterocycles. The molecule has 6 heteroatoms. The van der Waals surface area contributed by atoms with Gasteiger partial charge < -0.3 is 10.1 Å². The van der Waals surface area contributed by atoms with Crippen LogP contribution in [0.15, 0.2) is 46.9 Å². The maximum Gasteiger partial charge on any atom is 0.338 e. The number of ether oxygens (including phenoxy) is 1. The smallest absolute Gasteiger partial charge is 0.338 e. The number of hydrogen-bond donors (Lipinski definition) is 1. The van der Waals surface area contributed by atoms with Crippen LogP contribution >= 0.6 is 27.5 Å². The molecular weight excluding hydrogens is 370 g/mol. The summed E-state index contributed by atoms with van der Waals surface area (Å²) in [7, 11) is 0. The molecule has 114 valence electrons. The summed E-state index contributed by atoms with van der Waals surface area (Å²) in [5.41, 5.74) is 1.83. The highest BCUT2D eigenvalue weighted by Crippen LogP contribution is 2.28. The fourth-order valence-electron chi connectivity index (χ4n) is 1.76. The second-order valence-corrected chi connectivity index (χ2v) is 5.83. The second kappa shape index (κ2) is 7.42. The average molecular weight is 383 g/mol. The van der Waals surface area contributed by atoms with Crippen LogP contribution in [0.2, 0.25) is 5.02 Å². The number of esters is 1. The van der Waals surface area contributed by atoms with Crippen molar-refractivity contribution in [2.24, 2.45) is 0 Å². The van der Waals surface area contributed by atoms with Gasteiger partial charge in [-0.25, -0.2) is 4.79 Å². The summed E-state index contributed by atoms with van der Waals surface area (Å²) in [6, 6.07) is 11.9. The molecule has 2 aromatic rings. The Morgan fingerprint density at radius 3 is 2.59 bits per heavy atom. The van der Waals surface area contributed by atoms with Gasteiger partial charge in [-0.1, -0.05) is 29.8 Å². The van der Waals surface area contributed by atoms with Crippen LogP contribution in [0.25, 0.3) is 0 Å². The van der Waals surface area contributed by atoms with Crippen molar-refractivity contribution in [2.45, 2.75) is 6.92 Å². The summed E-state index contributed by atoms with van der Waals surface area (Å²) in [6.45, 7) is 1.48. The van der Waals surface area contributed by atoms with Crippen LogP contribution in [-0.4, -0.2) is 18.5 Å². The lowest BCUT2D eigenvalue weighted by Gasteiger charge is -2.10. The summed E-state index contributed by atoms with van der Waals surface area (Å²) >= 11 is 9.30. The standard InChI is InChI=1S/C16H13BrClNO3/c1-10-7-12(17)13(18)8-14(10)19-15(20)9-22-16(21)11-5-3-2-4-6-11/h2-8H,9H2,1H3,(H,19,20). The zero-order valence-corrected chi connectivity index (χ0v) is 14.1. The third-order valence-corrected chi connectivity index (χ3v) is 4.08. The first kappa shape index (κ1) is 16.5. The first-order valence-electron chi connectivity index (χ1n) is 6.45. The van der Waals surface area contributed by atoms with Gasteiger partial charge in [-0.2, -0.15) is 0 Å². The van der Waals surface area contributed by atoms with Crippen LogP contribution in [0.1, 0.15) is 15.9 Å². The predicted octanol–water partition coefficient (Wildman–Crippen LogP) is 4.21. The first-order chi connectivity index (χ1) is 10.5. The van der Waals surface area contributed by atoms with Crippen LogP contribution in [0, 0.1) is 6.92 Å². The molecule has 2 aromatic carbocycles. The van der Waals surface area contributed by atoms with Gasteiger partial charge in [0, 0.05) is 10.2 Å². The van der Waals surface area contributed by atoms with Crippen LogP contribution in [0.4, 0.5) is 5.69 Å². The normalized spacial score (nSPS) is 10.1. The molecule has 4 nitrogen and oxygen atoms in total. The van der Waals surface area contributed by atoms with E-state index in [1.807, 2.05) is 6.92 Å². The Bertz CT molecular complexity index is 704. The number of anilines is 1. The summed E-state index contributed by atoms with van der Waals surface area (Å²) in [5.74, 6) is -0.966. The van der Waals surface area contributed by atoms with E-state index >= 15 is 0 Å². The molecule has 0 bridgehead atoms. The quantitative estimate of drug-likeness (QED) is 0.806. The number of rotatable bonds is 4. The van der Waals surface area contributed by atoms with Gasteiger partial charge in [-0.05, 0) is 52.7 Å². The van der Waals surface area contributed by atoms with E-state index in [1.165, 1.54) is 0 Å². The maximum absolute atomic E-state index is 11.9. The van der Waals surface area contributed by atoms with Gasteiger partial charge >= 0.3 is 5.97 Å². The van der Waals surface area contributed by atoms with Crippen LogP contribution in [0.3, 0.4) is 0 Å². The summed E-state index contributed by atoms with van der Waals surface area (Å²) < 4.78 is 5.71. The van der Waals surface area contributed by atoms with Crippen molar-refractivity contribution in [3.8, 4) is 0 Å². The Kier molecular flexibility index (Phi) is 5.57. The van der Waals surface area contributed by atoms with E-state index in [0.29, 0.717) is 16.3 Å². The molecule has 0 radical (unpaired) electrons. The van der Waals surface area contributed by atoms with Crippen LogP contribution in [0.5, 0.6) is 0 Å². The lowest BCUT2D eigenvalue weighted by atomic mass is 10.2. The molecule has 0 heterocycles. The highest BCUT2D eigenvalue weighted by molar-refractivity contribution is 9.10. The zero-order chi connectivity index (χ0) is 16.1. The van der Waals surface area contributed by atoms with Gasteiger partial charge in [-0.3, -0.25) is 4.79 Å². The molecule has 0 saturated carbocycles. The van der Waals surface area contributed by atoms with Crippen molar-refractivity contribution in [3.05, 3.63) is 63.1 Å². The largest absolute Gasteiger partial charge is 0.452 e. The number of carbonyl (C=O) groups excluding carboxylic acids is 2. The highest BCUT2D eigenvalue weighted by atomic mass is 79.9. The molecule has 2 rings (SSSR count). The summed E-state index contributed by atoms with van der Waals surface area (Å²) in [6.07, 6.45) is 0. The second-order valence-electron chi connectivity index (χ2n) is 4.57. The van der Waals surface area contributed by atoms with Crippen molar-refractivity contribution in [3.63, 3.8) is 0 Å². The maximum atomic E-state index is 11.9. The number of aryl methyl sites for hydroxylation is 1. The molecule has 0 aliphatic heterocycles. The Labute approximate surface area is 141 Å². The number of benzene rings is 2. The minimum absolute atomic E-state index is 0.360. The van der Waals surface area contributed by atoms with E-state index in [2.05, 4.69) is 21.2 Å². The molecule has 0 aliphatic rings. The zero-order valence-electron chi connectivity index (χ0n) is 11.7. The fourth-order valence-corrected chi connectivity index (χ4v) is 2.38. The Morgan fingerprint density at radius 1 is 1.23 bits per heavy atom. The molecule has 0 spiro atoms. The number of nitrogens with one attached hydrogen (secondary N) is 1. The summed E-state index contributed by atoms with van der Waals surface area (Å²) in [5, 5.41) is 3.15. The van der Waals surface area contributed by atoms with Crippen LogP contribution < -0.4 is 5.32 Å². The van der Waals surface area contributed by atoms with Crippen molar-refractivity contribution in [2.75, 3.05) is 11.9 Å². The predicted molar refractivity (Wildman–Crippen MR) is 89.2 cm³/mol. The van der Waals surface area contributed by atoms with Gasteiger partial charge in [0.2, 0.25) is 0 Å². The van der Waals surface area contributed by atoms with Crippen molar-refractivity contribution >= 4 is 45.1 Å². The SMILES string of the molecule is Cc1cc(Br)c(Cl)cc1NC(=O)COC(=O)c1ccccc1. The molecule has 0 fully saturated rings. The van der Waals surface area contributed by atoms with E-state index < -0.39 is 11.9 Å². The lowest BCUT2D eigenvalue weighted by molar-refractivity contribution is -0.119. The third kappa shape index (κ3) is 4.32. The topological polar surface area (TPSA) is 55.4 Å². The third-order valence-electron chi connectivity index (χ3n) is 2.89. The monoisotopic (exact) mass is 381 g/mol. The molecule has 0 atom stereocenters. The van der Waals surface area contributed by atoms with Gasteiger partial charge in [0.1, 0.15) is 0 Å². The van der Waals surface area contributed by atoms with E-state index in [-0.39, 0.29) is 6.61 Å². The van der Waals surface area contributed by atoms with E-state index in [0.717, 1.165) is 10.0 Å². The number of halogens is 2. The van der Waals surface area contributed by atoms with Crippen molar-refractivity contribution in [1.82, 2.24) is 0 Å². The van der Waals surface area contributed by atoms with Crippen molar-refractivity contribution in [1.29, 1.82) is 0 Å². The Balaban J connectivity index is 1.94. The molecule has 0 unspecified atom stereocenters. The Hall–Kier alpha value is -1.85. The highest BCUT2D eigenvalue weighted by Gasteiger charge is 2.11. The summed E-state index contributed by atoms with van der Waals surface area (Å²) in [4.78, 5) is 23.6. The molecule has 0 aliphatic carbocycles. The molecule has 22 heavy (non-hydrogen) atoms. The minimum Gasteiger partial charge on any atom is -0.452 e. The van der Waals surface area contributed by atoms with E-state index in [4.69, 9.17) is 16.3 Å². The van der Waals surface area contributed by atoms with Gasteiger partial charge in [-0.15, -0.1) is 0 Å².